The summed E-state index contributed by atoms with van der Waals surface area (Å²) in [6, 6.07) is -7.59. The van der Waals surface area contributed by atoms with E-state index in [1.165, 1.54) is 63.2 Å². The topological polar surface area (TPSA) is 314 Å². The van der Waals surface area contributed by atoms with Crippen molar-refractivity contribution in [3.63, 3.8) is 0 Å². The van der Waals surface area contributed by atoms with Gasteiger partial charge in [-0.15, -0.1) is 0 Å². The molecule has 0 unspecified atom stereocenters. The first-order valence-corrected chi connectivity index (χ1v) is 28.5. The van der Waals surface area contributed by atoms with E-state index < -0.39 is 136 Å². The van der Waals surface area contributed by atoms with Crippen molar-refractivity contribution >= 4 is 65.0 Å². The van der Waals surface area contributed by atoms with E-state index >= 15 is 0 Å². The summed E-state index contributed by atoms with van der Waals surface area (Å²) in [7, 11) is 0. The van der Waals surface area contributed by atoms with Crippen LogP contribution in [-0.2, 0) is 52.7 Å². The third-order valence-electron chi connectivity index (χ3n) is 14.8. The van der Waals surface area contributed by atoms with Gasteiger partial charge in [0.2, 0.25) is 65.0 Å². The number of aliphatic hydroxyl groups excluding tert-OH is 1. The zero-order chi connectivity index (χ0) is 60.2. The predicted octanol–water partition coefficient (Wildman–Crippen LogP) is 1.14. The van der Waals surface area contributed by atoms with Gasteiger partial charge in [0.05, 0.1) is 12.6 Å². The predicted molar refractivity (Wildman–Crippen MR) is 297 cm³/mol. The summed E-state index contributed by atoms with van der Waals surface area (Å²) in [5.74, 6) is -7.23. The maximum Gasteiger partial charge on any atom is 0.248 e. The molecule has 11 amide bonds. The third-order valence-corrected chi connectivity index (χ3v) is 14.8. The third kappa shape index (κ3) is 18.3. The number of rotatable bonds is 26. The minimum Gasteiger partial charge on any atom is -0.394 e. The Hall–Kier alpha value is -5.87. The minimum absolute atomic E-state index is 0.107. The van der Waals surface area contributed by atoms with Crippen LogP contribution in [0.3, 0.4) is 0 Å². The minimum atomic E-state index is -1.60. The molecule has 3 saturated heterocycles. The summed E-state index contributed by atoms with van der Waals surface area (Å²) < 4.78 is 0. The second-order valence-corrected chi connectivity index (χ2v) is 25.4. The fourth-order valence-electron chi connectivity index (χ4n) is 10.6. The lowest BCUT2D eigenvalue weighted by Crippen LogP contribution is -2.64. The summed E-state index contributed by atoms with van der Waals surface area (Å²) in [4.78, 5) is 156. The number of likely N-dealkylation sites (tertiary alicyclic amines) is 3. The molecule has 3 fully saturated rings. The largest absolute Gasteiger partial charge is 0.394 e. The van der Waals surface area contributed by atoms with Gasteiger partial charge in [-0.25, -0.2) is 0 Å². The van der Waals surface area contributed by atoms with Gasteiger partial charge < -0.3 is 62.3 Å². The number of amides is 11. The summed E-state index contributed by atoms with van der Waals surface area (Å²) in [5.41, 5.74) is -4.56. The number of nitrogens with zero attached hydrogens (tertiary/aromatic N) is 3. The average Bonchev–Trinajstić information content (AvgIpc) is 4.15. The lowest BCUT2D eigenvalue weighted by molar-refractivity contribution is -0.147. The Kier molecular flexibility index (Phi) is 24.3. The summed E-state index contributed by atoms with van der Waals surface area (Å²) >= 11 is 0. The highest BCUT2D eigenvalue weighted by Gasteiger charge is 2.47. The quantitative estimate of drug-likeness (QED) is 0.0589. The Bertz CT molecular complexity index is 2230. The van der Waals surface area contributed by atoms with Crippen LogP contribution in [0.1, 0.15) is 169 Å². The van der Waals surface area contributed by atoms with Crippen LogP contribution in [0.5, 0.6) is 0 Å². The molecule has 0 aromatic carbocycles. The molecule has 79 heavy (non-hydrogen) atoms. The van der Waals surface area contributed by atoms with Crippen LogP contribution >= 0.6 is 0 Å². The van der Waals surface area contributed by atoms with E-state index in [1.54, 1.807) is 41.5 Å². The van der Waals surface area contributed by atoms with Gasteiger partial charge in [-0.3, -0.25) is 52.7 Å². The van der Waals surface area contributed by atoms with Crippen LogP contribution in [-0.4, -0.2) is 176 Å². The van der Waals surface area contributed by atoms with Gasteiger partial charge in [0, 0.05) is 26.6 Å². The Labute approximate surface area is 468 Å². The van der Waals surface area contributed by atoms with Crippen LogP contribution in [0, 0.1) is 29.6 Å². The summed E-state index contributed by atoms with van der Waals surface area (Å²) in [6.45, 7) is 28.9. The van der Waals surface area contributed by atoms with E-state index in [0.29, 0.717) is 45.1 Å². The fourth-order valence-corrected chi connectivity index (χ4v) is 10.6. The van der Waals surface area contributed by atoms with Crippen molar-refractivity contribution < 1.29 is 57.8 Å². The van der Waals surface area contributed by atoms with Gasteiger partial charge >= 0.3 is 0 Å². The Balaban J connectivity index is 1.72. The second kappa shape index (κ2) is 28.5. The number of nitrogens with one attached hydrogen (secondary N) is 8. The first-order valence-electron chi connectivity index (χ1n) is 28.5. The Morgan fingerprint density at radius 2 is 0.759 bits per heavy atom. The molecule has 448 valence electrons. The molecule has 3 aliphatic heterocycles. The molecule has 0 spiro atoms. The molecule has 0 bridgehead atoms. The normalized spacial score (nSPS) is 19.9. The van der Waals surface area contributed by atoms with E-state index in [0.717, 1.165) is 0 Å². The van der Waals surface area contributed by atoms with Crippen molar-refractivity contribution in [3.8, 4) is 0 Å². The van der Waals surface area contributed by atoms with Gasteiger partial charge in [0.25, 0.3) is 0 Å². The Morgan fingerprint density at radius 1 is 0.443 bits per heavy atom. The van der Waals surface area contributed by atoms with E-state index in [9.17, 15) is 57.8 Å². The van der Waals surface area contributed by atoms with Crippen LogP contribution in [0.25, 0.3) is 0 Å². The van der Waals surface area contributed by atoms with Crippen LogP contribution in [0.15, 0.2) is 0 Å². The van der Waals surface area contributed by atoms with Crippen LogP contribution in [0.2, 0.25) is 0 Å². The molecule has 0 radical (unpaired) electrons. The monoisotopic (exact) mass is 1120 g/mol. The molecular formula is C56H97N11O12. The van der Waals surface area contributed by atoms with Crippen molar-refractivity contribution in [1.82, 2.24) is 57.2 Å². The van der Waals surface area contributed by atoms with Crippen molar-refractivity contribution in [2.75, 3.05) is 26.2 Å². The molecule has 3 heterocycles. The van der Waals surface area contributed by atoms with Crippen molar-refractivity contribution in [2.45, 2.75) is 234 Å². The lowest BCUT2D eigenvalue weighted by Gasteiger charge is -2.36. The lowest BCUT2D eigenvalue weighted by atomic mass is 9.97. The van der Waals surface area contributed by atoms with E-state index in [-0.39, 0.29) is 56.2 Å². The number of hydrogen-bond acceptors (Lipinski definition) is 12. The number of hydrogen-bond donors (Lipinski definition) is 9. The standard InChI is InChI=1S/C56H97N11O12/c1-30(2)27-36(29-68)58-45(71)38-21-18-24-65(38)51(77)55(14,15)63-49(75)42(33(7)8)60-44(70)37(28-31(3)4)59-46(72)39-22-19-25-66(39)52(78)56(16,17)64-50(76)43(34(9)10)61-47(73)40-23-20-26-67(40)53(79)54(12,13)62-48(74)41(32(5)6)57-35(11)69/h30-34,36-43,68H,18-29H2,1-17H3,(H,57,69)(H,58,71)(H,59,72)(H,60,70)(H,61,73)(H,62,74)(H,63,75)(H,64,76)/t36-,37-,38-,39-,40-,41-,42-,43-/m0/s1. The van der Waals surface area contributed by atoms with E-state index in [4.69, 9.17) is 0 Å². The van der Waals surface area contributed by atoms with Crippen molar-refractivity contribution in [3.05, 3.63) is 0 Å². The summed E-state index contributed by atoms with van der Waals surface area (Å²) in [5, 5.41) is 32.1. The smallest absolute Gasteiger partial charge is 0.248 e. The van der Waals surface area contributed by atoms with Gasteiger partial charge in [-0.05, 0) is 122 Å². The highest BCUT2D eigenvalue weighted by atomic mass is 16.3. The first-order chi connectivity index (χ1) is 36.5. The number of carbonyl (C=O) groups excluding carboxylic acids is 11. The second-order valence-electron chi connectivity index (χ2n) is 25.4. The molecule has 9 N–H and O–H groups in total. The maximum atomic E-state index is 14.4. The molecule has 23 nitrogen and oxygen atoms in total. The van der Waals surface area contributed by atoms with Crippen molar-refractivity contribution in [2.24, 2.45) is 29.6 Å². The molecule has 8 atom stereocenters. The molecule has 23 heteroatoms. The van der Waals surface area contributed by atoms with Gasteiger partial charge in [-0.1, -0.05) is 69.2 Å². The molecule has 0 aromatic rings. The highest BCUT2D eigenvalue weighted by molar-refractivity contribution is 6.01. The molecular weight excluding hydrogens is 1020 g/mol. The molecule has 3 aliphatic rings. The highest BCUT2D eigenvalue weighted by Crippen LogP contribution is 2.26. The average molecular weight is 1120 g/mol. The van der Waals surface area contributed by atoms with Gasteiger partial charge in [0.1, 0.15) is 58.9 Å². The zero-order valence-electron chi connectivity index (χ0n) is 50.3. The number of aliphatic hydroxyl groups is 1. The molecule has 0 saturated carbocycles. The van der Waals surface area contributed by atoms with Gasteiger partial charge in [0.15, 0.2) is 0 Å². The van der Waals surface area contributed by atoms with Crippen molar-refractivity contribution in [1.29, 1.82) is 0 Å². The zero-order valence-corrected chi connectivity index (χ0v) is 50.3. The molecule has 3 rings (SSSR count). The van der Waals surface area contributed by atoms with E-state index in [2.05, 4.69) is 42.5 Å². The first kappa shape index (κ1) is 67.4. The molecule has 0 aromatic heterocycles. The fraction of sp³-hybridized carbons (Fsp3) is 0.804. The summed E-state index contributed by atoms with van der Waals surface area (Å²) in [6.07, 6.45) is 3.19. The Morgan fingerprint density at radius 3 is 1.08 bits per heavy atom. The molecule has 0 aliphatic carbocycles. The maximum absolute atomic E-state index is 14.4. The van der Waals surface area contributed by atoms with Crippen LogP contribution < -0.4 is 42.5 Å². The SMILES string of the molecule is CC(=O)N[C@H](C(=O)NC(C)(C)C(=O)N1CCC[C@H]1C(=O)N[C@H](C(=O)NC(C)(C)C(=O)N1CCC[C@H]1C(=O)N[C@@H](CC(C)C)C(=O)N[C@H](C(=O)NC(C)(C)C(=O)N1CCC[C@H]1C(=O)N[C@H](CO)CC(C)C)C(C)C)C(C)C)C(C)C. The van der Waals surface area contributed by atoms with Crippen LogP contribution in [0.4, 0.5) is 0 Å². The van der Waals surface area contributed by atoms with E-state index in [1.807, 2.05) is 27.7 Å². The van der Waals surface area contributed by atoms with Gasteiger partial charge in [-0.2, -0.15) is 0 Å². The number of carbonyl (C=O) groups is 11.